The smallest absolute Gasteiger partial charge is 0.240 e. The predicted octanol–water partition coefficient (Wildman–Crippen LogP) is 3.57. The van der Waals surface area contributed by atoms with Gasteiger partial charge in [-0.05, 0) is 55.7 Å². The van der Waals surface area contributed by atoms with Crippen LogP contribution < -0.4 is 10.0 Å². The molecule has 0 unspecified atom stereocenters. The third-order valence-corrected chi connectivity index (χ3v) is 5.83. The number of anilines is 1. The van der Waals surface area contributed by atoms with E-state index in [9.17, 15) is 13.2 Å². The topological polar surface area (TPSA) is 75.3 Å². The molecule has 2 aromatic carbocycles. The summed E-state index contributed by atoms with van der Waals surface area (Å²) in [5, 5.41) is 3.30. The third-order valence-electron chi connectivity index (χ3n) is 3.82. The molecule has 25 heavy (non-hydrogen) atoms. The van der Waals surface area contributed by atoms with E-state index in [0.717, 1.165) is 11.1 Å². The van der Waals surface area contributed by atoms with Crippen LogP contribution in [0, 0.1) is 20.8 Å². The van der Waals surface area contributed by atoms with Crippen molar-refractivity contribution in [2.24, 2.45) is 0 Å². The number of aryl methyl sites for hydroxylation is 2. The summed E-state index contributed by atoms with van der Waals surface area (Å²) in [5.74, 6) is -0.283. The van der Waals surface area contributed by atoms with E-state index in [1.165, 1.54) is 0 Å². The van der Waals surface area contributed by atoms with Gasteiger partial charge >= 0.3 is 0 Å². The maximum absolute atomic E-state index is 12.4. The van der Waals surface area contributed by atoms with E-state index in [-0.39, 0.29) is 23.8 Å². The molecule has 0 aromatic heterocycles. The molecule has 0 atom stereocenters. The Balaban J connectivity index is 1.96. The first-order chi connectivity index (χ1) is 11.7. The molecule has 2 aromatic rings. The van der Waals surface area contributed by atoms with Crippen molar-refractivity contribution in [3.63, 3.8) is 0 Å². The number of carbonyl (C=O) groups is 1. The minimum atomic E-state index is -3.65. The van der Waals surface area contributed by atoms with Gasteiger partial charge in [0.2, 0.25) is 15.9 Å². The van der Waals surface area contributed by atoms with E-state index >= 15 is 0 Å². The van der Waals surface area contributed by atoms with Crippen molar-refractivity contribution in [3.05, 3.63) is 58.1 Å². The summed E-state index contributed by atoms with van der Waals surface area (Å²) < 4.78 is 27.2. The molecule has 0 aliphatic rings. The average Bonchev–Trinajstić information content (AvgIpc) is 2.54. The zero-order chi connectivity index (χ0) is 18.6. The molecule has 0 saturated heterocycles. The second-order valence-corrected chi connectivity index (χ2v) is 8.02. The first-order valence-electron chi connectivity index (χ1n) is 7.82. The number of carbonyl (C=O) groups excluding carboxylic acids is 1. The van der Waals surface area contributed by atoms with Gasteiger partial charge in [-0.15, -0.1) is 0 Å². The highest BCUT2D eigenvalue weighted by atomic mass is 35.5. The Morgan fingerprint density at radius 3 is 2.56 bits per heavy atom. The normalized spacial score (nSPS) is 11.4. The van der Waals surface area contributed by atoms with Crippen molar-refractivity contribution in [2.75, 3.05) is 11.9 Å². The molecule has 2 rings (SSSR count). The van der Waals surface area contributed by atoms with Gasteiger partial charge in [-0.25, -0.2) is 13.1 Å². The van der Waals surface area contributed by atoms with Gasteiger partial charge < -0.3 is 5.32 Å². The summed E-state index contributed by atoms with van der Waals surface area (Å²) in [4.78, 5) is 12.3. The number of halogens is 1. The molecule has 0 bridgehead atoms. The van der Waals surface area contributed by atoms with E-state index in [1.54, 1.807) is 44.2 Å². The number of hydrogen-bond donors (Lipinski definition) is 2. The maximum Gasteiger partial charge on any atom is 0.240 e. The molecule has 0 aliphatic carbocycles. The van der Waals surface area contributed by atoms with Crippen LogP contribution in [0.15, 0.2) is 41.3 Å². The fraction of sp³-hybridized carbons (Fsp3) is 0.278. The van der Waals surface area contributed by atoms with Crippen LogP contribution in [-0.2, 0) is 14.8 Å². The molecule has 0 spiro atoms. The average molecular weight is 381 g/mol. The van der Waals surface area contributed by atoms with Crippen molar-refractivity contribution in [3.8, 4) is 0 Å². The van der Waals surface area contributed by atoms with Crippen molar-refractivity contribution in [1.82, 2.24) is 4.72 Å². The molecular weight excluding hydrogens is 360 g/mol. The first kappa shape index (κ1) is 19.4. The lowest BCUT2D eigenvalue weighted by molar-refractivity contribution is -0.116. The highest BCUT2D eigenvalue weighted by molar-refractivity contribution is 7.89. The van der Waals surface area contributed by atoms with Crippen molar-refractivity contribution in [1.29, 1.82) is 0 Å². The quantitative estimate of drug-likeness (QED) is 0.804. The molecule has 5 nitrogen and oxygen atoms in total. The fourth-order valence-electron chi connectivity index (χ4n) is 2.33. The highest BCUT2D eigenvalue weighted by Crippen LogP contribution is 2.23. The molecule has 2 N–H and O–H groups in total. The van der Waals surface area contributed by atoms with Gasteiger partial charge in [0.25, 0.3) is 0 Å². The van der Waals surface area contributed by atoms with Crippen molar-refractivity contribution < 1.29 is 13.2 Å². The van der Waals surface area contributed by atoms with E-state index in [2.05, 4.69) is 10.0 Å². The van der Waals surface area contributed by atoms with Crippen LogP contribution in [0.2, 0.25) is 5.02 Å². The standard InChI is InChI=1S/C18H21ClN2O3S/c1-12-7-8-13(2)17(11-12)25(23,24)20-10-9-18(22)21-16-6-4-5-15(19)14(16)3/h4-8,11,20H,9-10H2,1-3H3,(H,21,22). The van der Waals surface area contributed by atoms with E-state index in [1.807, 2.05) is 13.0 Å². The maximum atomic E-state index is 12.4. The van der Waals surface area contributed by atoms with Gasteiger partial charge in [0.05, 0.1) is 4.90 Å². The van der Waals surface area contributed by atoms with Crippen LogP contribution in [0.3, 0.4) is 0 Å². The summed E-state index contributed by atoms with van der Waals surface area (Å²) in [6.07, 6.45) is 0.0239. The van der Waals surface area contributed by atoms with Crippen LogP contribution in [-0.4, -0.2) is 20.9 Å². The second-order valence-electron chi connectivity index (χ2n) is 5.88. The predicted molar refractivity (Wildman–Crippen MR) is 101 cm³/mol. The fourth-order valence-corrected chi connectivity index (χ4v) is 3.86. The van der Waals surface area contributed by atoms with Gasteiger partial charge in [0, 0.05) is 23.7 Å². The Kier molecular flexibility index (Phi) is 6.21. The van der Waals surface area contributed by atoms with E-state index in [4.69, 9.17) is 11.6 Å². The summed E-state index contributed by atoms with van der Waals surface area (Å²) >= 11 is 6.01. The van der Waals surface area contributed by atoms with Crippen LogP contribution in [0.25, 0.3) is 0 Å². The molecule has 0 heterocycles. The lowest BCUT2D eigenvalue weighted by Gasteiger charge is -2.11. The SMILES string of the molecule is Cc1ccc(C)c(S(=O)(=O)NCCC(=O)Nc2cccc(Cl)c2C)c1. The van der Waals surface area contributed by atoms with Crippen LogP contribution >= 0.6 is 11.6 Å². The minimum Gasteiger partial charge on any atom is -0.326 e. The zero-order valence-corrected chi connectivity index (χ0v) is 16.0. The van der Waals surface area contributed by atoms with Gasteiger partial charge in [-0.2, -0.15) is 0 Å². The van der Waals surface area contributed by atoms with E-state index < -0.39 is 10.0 Å². The molecule has 0 radical (unpaired) electrons. The monoisotopic (exact) mass is 380 g/mol. The number of benzene rings is 2. The van der Waals surface area contributed by atoms with E-state index in [0.29, 0.717) is 16.3 Å². The second kappa shape index (κ2) is 7.99. The number of nitrogens with one attached hydrogen (secondary N) is 2. The highest BCUT2D eigenvalue weighted by Gasteiger charge is 2.17. The zero-order valence-electron chi connectivity index (χ0n) is 14.4. The number of hydrogen-bond acceptors (Lipinski definition) is 3. The molecular formula is C18H21ClN2O3S. The largest absolute Gasteiger partial charge is 0.326 e. The van der Waals surface area contributed by atoms with Crippen LogP contribution in [0.1, 0.15) is 23.1 Å². The Morgan fingerprint density at radius 2 is 1.84 bits per heavy atom. The number of sulfonamides is 1. The molecule has 0 fully saturated rings. The van der Waals surface area contributed by atoms with Gasteiger partial charge in [-0.3, -0.25) is 4.79 Å². The molecule has 134 valence electrons. The lowest BCUT2D eigenvalue weighted by atomic mass is 10.2. The van der Waals surface area contributed by atoms with Gasteiger partial charge in [-0.1, -0.05) is 29.8 Å². The Bertz CT molecular complexity index is 895. The summed E-state index contributed by atoms with van der Waals surface area (Å²) in [6, 6.07) is 10.5. The van der Waals surface area contributed by atoms with Crippen molar-refractivity contribution >= 4 is 33.2 Å². The number of amides is 1. The van der Waals surface area contributed by atoms with Gasteiger partial charge in [0.1, 0.15) is 0 Å². The molecule has 0 aliphatic heterocycles. The van der Waals surface area contributed by atoms with Crippen molar-refractivity contribution in [2.45, 2.75) is 32.1 Å². The van der Waals surface area contributed by atoms with Crippen LogP contribution in [0.5, 0.6) is 0 Å². The Hall–Kier alpha value is -1.89. The Labute approximate surface area is 153 Å². The molecule has 0 saturated carbocycles. The minimum absolute atomic E-state index is 0.0150. The summed E-state index contributed by atoms with van der Waals surface area (Å²) in [6.45, 7) is 5.39. The van der Waals surface area contributed by atoms with Crippen LogP contribution in [0.4, 0.5) is 5.69 Å². The molecule has 1 amide bonds. The summed E-state index contributed by atoms with van der Waals surface area (Å²) in [7, 11) is -3.65. The third kappa shape index (κ3) is 5.04. The number of rotatable bonds is 6. The summed E-state index contributed by atoms with van der Waals surface area (Å²) in [5.41, 5.74) is 2.92. The molecule has 7 heteroatoms. The van der Waals surface area contributed by atoms with Gasteiger partial charge in [0.15, 0.2) is 0 Å². The lowest BCUT2D eigenvalue weighted by Crippen LogP contribution is -2.28. The Morgan fingerprint density at radius 1 is 1.12 bits per heavy atom. The first-order valence-corrected chi connectivity index (χ1v) is 9.68.